The molecule has 1 aromatic rings. The SMILES string of the molecule is C[C@@H](c1ccccc1)N(C)C(=O)CCl. The van der Waals surface area contributed by atoms with Gasteiger partial charge in [-0.15, -0.1) is 11.6 Å². The normalized spacial score (nSPS) is 12.2. The molecule has 0 aromatic heterocycles. The molecule has 0 aliphatic heterocycles. The van der Waals surface area contributed by atoms with Gasteiger partial charge in [-0.2, -0.15) is 0 Å². The van der Waals surface area contributed by atoms with Crippen molar-refractivity contribution in [1.29, 1.82) is 0 Å². The number of carbonyl (C=O) groups is 1. The fourth-order valence-electron chi connectivity index (χ4n) is 1.27. The standard InChI is InChI=1S/C11H14ClNO/c1-9(13(2)11(14)8-12)10-6-4-3-5-7-10/h3-7,9H,8H2,1-2H3/t9-/m0/s1. The molecule has 14 heavy (non-hydrogen) atoms. The molecule has 1 rings (SSSR count). The molecule has 1 atom stereocenters. The summed E-state index contributed by atoms with van der Waals surface area (Å²) in [5, 5.41) is 0. The summed E-state index contributed by atoms with van der Waals surface area (Å²) >= 11 is 5.49. The van der Waals surface area contributed by atoms with Crippen LogP contribution in [0.25, 0.3) is 0 Å². The highest BCUT2D eigenvalue weighted by atomic mass is 35.5. The van der Waals surface area contributed by atoms with Gasteiger partial charge in [0.1, 0.15) is 5.88 Å². The van der Waals surface area contributed by atoms with Crippen LogP contribution in [0.4, 0.5) is 0 Å². The van der Waals surface area contributed by atoms with Crippen LogP contribution in [0, 0.1) is 0 Å². The van der Waals surface area contributed by atoms with E-state index in [0.29, 0.717) is 0 Å². The first kappa shape index (κ1) is 11.1. The van der Waals surface area contributed by atoms with E-state index in [-0.39, 0.29) is 17.8 Å². The van der Waals surface area contributed by atoms with E-state index in [0.717, 1.165) is 5.56 Å². The predicted molar refractivity (Wildman–Crippen MR) is 58.3 cm³/mol. The van der Waals surface area contributed by atoms with Gasteiger partial charge in [0.2, 0.25) is 5.91 Å². The minimum Gasteiger partial charge on any atom is -0.338 e. The zero-order chi connectivity index (χ0) is 10.6. The molecule has 0 saturated heterocycles. The van der Waals surface area contributed by atoms with Gasteiger partial charge >= 0.3 is 0 Å². The number of carbonyl (C=O) groups excluding carboxylic acids is 1. The van der Waals surface area contributed by atoms with Gasteiger partial charge in [-0.1, -0.05) is 30.3 Å². The van der Waals surface area contributed by atoms with Crippen molar-refractivity contribution in [2.75, 3.05) is 12.9 Å². The second-order valence-corrected chi connectivity index (χ2v) is 3.49. The maximum absolute atomic E-state index is 11.3. The Morgan fingerprint density at radius 3 is 2.50 bits per heavy atom. The molecule has 3 heteroatoms. The summed E-state index contributed by atoms with van der Waals surface area (Å²) in [6, 6.07) is 9.96. The zero-order valence-electron chi connectivity index (χ0n) is 8.40. The Kier molecular flexibility index (Phi) is 3.96. The summed E-state index contributed by atoms with van der Waals surface area (Å²) in [6.07, 6.45) is 0. The fraction of sp³-hybridized carbons (Fsp3) is 0.364. The van der Waals surface area contributed by atoms with Gasteiger partial charge in [-0.05, 0) is 12.5 Å². The van der Waals surface area contributed by atoms with Crippen LogP contribution >= 0.6 is 11.6 Å². The second kappa shape index (κ2) is 5.01. The van der Waals surface area contributed by atoms with Crippen molar-refractivity contribution in [2.24, 2.45) is 0 Å². The molecule has 0 saturated carbocycles. The fourth-order valence-corrected chi connectivity index (χ4v) is 1.45. The third-order valence-electron chi connectivity index (χ3n) is 2.37. The molecule has 1 aromatic carbocycles. The zero-order valence-corrected chi connectivity index (χ0v) is 9.16. The first-order valence-electron chi connectivity index (χ1n) is 4.53. The van der Waals surface area contributed by atoms with Gasteiger partial charge in [0.15, 0.2) is 0 Å². The van der Waals surface area contributed by atoms with Crippen LogP contribution in [0.15, 0.2) is 30.3 Å². The van der Waals surface area contributed by atoms with E-state index in [2.05, 4.69) is 0 Å². The van der Waals surface area contributed by atoms with E-state index in [1.54, 1.807) is 11.9 Å². The number of nitrogens with zero attached hydrogens (tertiary/aromatic N) is 1. The quantitative estimate of drug-likeness (QED) is 0.704. The second-order valence-electron chi connectivity index (χ2n) is 3.22. The van der Waals surface area contributed by atoms with Gasteiger partial charge < -0.3 is 4.90 Å². The number of benzene rings is 1. The molecule has 0 aliphatic rings. The summed E-state index contributed by atoms with van der Waals surface area (Å²) in [6.45, 7) is 1.99. The van der Waals surface area contributed by atoms with Crippen molar-refractivity contribution in [3.63, 3.8) is 0 Å². The van der Waals surface area contributed by atoms with Gasteiger partial charge in [-0.3, -0.25) is 4.79 Å². The van der Waals surface area contributed by atoms with E-state index >= 15 is 0 Å². The molecule has 0 radical (unpaired) electrons. The molecule has 0 fully saturated rings. The Bertz CT molecular complexity index is 299. The highest BCUT2D eigenvalue weighted by Gasteiger charge is 2.15. The third-order valence-corrected chi connectivity index (χ3v) is 2.60. The van der Waals surface area contributed by atoms with Crippen LogP contribution in [0.5, 0.6) is 0 Å². The average molecular weight is 212 g/mol. The largest absolute Gasteiger partial charge is 0.338 e. The Hall–Kier alpha value is -1.02. The summed E-state index contributed by atoms with van der Waals surface area (Å²) in [5.41, 5.74) is 1.12. The monoisotopic (exact) mass is 211 g/mol. The number of halogens is 1. The Morgan fingerprint density at radius 1 is 1.43 bits per heavy atom. The molecule has 0 unspecified atom stereocenters. The molecule has 0 heterocycles. The van der Waals surface area contributed by atoms with Crippen molar-refractivity contribution >= 4 is 17.5 Å². The lowest BCUT2D eigenvalue weighted by Crippen LogP contribution is -2.30. The summed E-state index contributed by atoms with van der Waals surface area (Å²) in [5.74, 6) is -0.0174. The van der Waals surface area contributed by atoms with E-state index < -0.39 is 0 Å². The third kappa shape index (κ3) is 2.48. The van der Waals surface area contributed by atoms with Gasteiger partial charge in [0, 0.05) is 7.05 Å². The molecule has 0 spiro atoms. The molecule has 0 N–H and O–H groups in total. The highest BCUT2D eigenvalue weighted by Crippen LogP contribution is 2.18. The Balaban J connectivity index is 2.75. The summed E-state index contributed by atoms with van der Waals surface area (Å²) in [4.78, 5) is 13.0. The highest BCUT2D eigenvalue weighted by molar-refractivity contribution is 6.27. The van der Waals surface area contributed by atoms with Crippen LogP contribution in [-0.2, 0) is 4.79 Å². The van der Waals surface area contributed by atoms with Crippen LogP contribution in [0.1, 0.15) is 18.5 Å². The van der Waals surface area contributed by atoms with Crippen molar-refractivity contribution in [1.82, 2.24) is 4.90 Å². The van der Waals surface area contributed by atoms with Crippen molar-refractivity contribution in [3.8, 4) is 0 Å². The van der Waals surface area contributed by atoms with Crippen molar-refractivity contribution in [3.05, 3.63) is 35.9 Å². The van der Waals surface area contributed by atoms with Crippen LogP contribution < -0.4 is 0 Å². The average Bonchev–Trinajstić information content (AvgIpc) is 2.27. The predicted octanol–water partition coefficient (Wildman–Crippen LogP) is 2.44. The van der Waals surface area contributed by atoms with Crippen molar-refractivity contribution < 1.29 is 4.79 Å². The van der Waals surface area contributed by atoms with Crippen LogP contribution in [-0.4, -0.2) is 23.7 Å². The van der Waals surface area contributed by atoms with E-state index in [1.165, 1.54) is 0 Å². The number of hydrogen-bond acceptors (Lipinski definition) is 1. The first-order chi connectivity index (χ1) is 6.66. The summed E-state index contributed by atoms with van der Waals surface area (Å²) in [7, 11) is 1.77. The molecule has 0 bridgehead atoms. The molecule has 1 amide bonds. The number of rotatable bonds is 3. The number of hydrogen-bond donors (Lipinski definition) is 0. The number of alkyl halides is 1. The maximum Gasteiger partial charge on any atom is 0.237 e. The lowest BCUT2D eigenvalue weighted by Gasteiger charge is -2.24. The smallest absolute Gasteiger partial charge is 0.237 e. The molecular weight excluding hydrogens is 198 g/mol. The number of amides is 1. The summed E-state index contributed by atoms with van der Waals surface area (Å²) < 4.78 is 0. The Labute approximate surface area is 89.5 Å². The van der Waals surface area contributed by atoms with Crippen molar-refractivity contribution in [2.45, 2.75) is 13.0 Å². The topological polar surface area (TPSA) is 20.3 Å². The molecule has 76 valence electrons. The Morgan fingerprint density at radius 2 is 2.00 bits per heavy atom. The first-order valence-corrected chi connectivity index (χ1v) is 5.07. The van der Waals surface area contributed by atoms with Gasteiger partial charge in [0.05, 0.1) is 6.04 Å². The lowest BCUT2D eigenvalue weighted by molar-refractivity contribution is -0.129. The van der Waals surface area contributed by atoms with Crippen LogP contribution in [0.3, 0.4) is 0 Å². The molecule has 2 nitrogen and oxygen atoms in total. The lowest BCUT2D eigenvalue weighted by atomic mass is 10.1. The van der Waals surface area contributed by atoms with E-state index in [9.17, 15) is 4.79 Å². The van der Waals surface area contributed by atoms with E-state index in [4.69, 9.17) is 11.6 Å². The van der Waals surface area contributed by atoms with Gasteiger partial charge in [-0.25, -0.2) is 0 Å². The van der Waals surface area contributed by atoms with E-state index in [1.807, 2.05) is 37.3 Å². The minimum atomic E-state index is -0.0528. The minimum absolute atomic E-state index is 0.0354. The maximum atomic E-state index is 11.3. The molecular formula is C11H14ClNO. The van der Waals surface area contributed by atoms with Gasteiger partial charge in [0.25, 0.3) is 0 Å². The molecule has 0 aliphatic carbocycles. The van der Waals surface area contributed by atoms with Crippen LogP contribution in [0.2, 0.25) is 0 Å².